The molecule has 0 radical (unpaired) electrons. The first-order chi connectivity index (χ1) is 8.54. The van der Waals surface area contributed by atoms with Crippen molar-refractivity contribution in [3.63, 3.8) is 0 Å². The summed E-state index contributed by atoms with van der Waals surface area (Å²) in [6.07, 6.45) is 0.680. The summed E-state index contributed by atoms with van der Waals surface area (Å²) in [4.78, 5) is 22.1. The van der Waals surface area contributed by atoms with E-state index in [1.165, 1.54) is 0 Å². The van der Waals surface area contributed by atoms with Crippen LogP contribution in [0.4, 0.5) is 10.1 Å². The first-order valence-corrected chi connectivity index (χ1v) is 5.23. The molecule has 0 bridgehead atoms. The van der Waals surface area contributed by atoms with Crippen LogP contribution in [-0.2, 0) is 0 Å². The van der Waals surface area contributed by atoms with Crippen molar-refractivity contribution in [1.82, 2.24) is 0 Å². The number of fused-ring (bicyclic) bond motifs is 1. The van der Waals surface area contributed by atoms with Gasteiger partial charge in [0.1, 0.15) is 0 Å². The van der Waals surface area contributed by atoms with Crippen LogP contribution in [0.3, 0.4) is 0 Å². The molecular formula is C11H12FNO6. The fraction of sp³-hybridized carbons (Fsp3) is 0.273. The van der Waals surface area contributed by atoms with Crippen LogP contribution in [-0.4, -0.2) is 12.1 Å². The van der Waals surface area contributed by atoms with Crippen molar-refractivity contribution in [1.29, 1.82) is 0 Å². The zero-order valence-electron chi connectivity index (χ0n) is 9.99. The highest BCUT2D eigenvalue weighted by Crippen LogP contribution is 2.32. The Morgan fingerprint density at radius 3 is 2.42 bits per heavy atom. The standard InChI is InChI=1S/C11H10FNO5.H2O/c1-2-3-16-8-6(13)4-5(12)7-9(8)18-11(15)10(14)17-7;/h4H,2-3,13H2,1H3;1H2. The lowest BCUT2D eigenvalue weighted by Gasteiger charge is -2.09. The zero-order chi connectivity index (χ0) is 13.3. The Bertz CT molecular complexity index is 705. The number of nitrogen functional groups attached to an aromatic ring is 1. The molecule has 0 unspecified atom stereocenters. The van der Waals surface area contributed by atoms with Crippen molar-refractivity contribution in [2.24, 2.45) is 0 Å². The molecule has 1 aromatic heterocycles. The SMILES string of the molecule is CCCOc1c(N)cc(F)c2oc(=O)c(=O)oc12.O. The van der Waals surface area contributed by atoms with E-state index in [0.717, 1.165) is 6.07 Å². The molecule has 0 atom stereocenters. The molecule has 7 nitrogen and oxygen atoms in total. The second-order valence-electron chi connectivity index (χ2n) is 3.56. The van der Waals surface area contributed by atoms with Crippen LogP contribution in [0, 0.1) is 5.82 Å². The maximum Gasteiger partial charge on any atom is 0.423 e. The third kappa shape index (κ3) is 2.58. The van der Waals surface area contributed by atoms with Crippen LogP contribution in [0.25, 0.3) is 11.2 Å². The molecule has 0 aliphatic carbocycles. The molecule has 2 aromatic rings. The Kier molecular flexibility index (Phi) is 4.28. The maximum atomic E-state index is 13.5. The minimum atomic E-state index is -1.28. The van der Waals surface area contributed by atoms with Gasteiger partial charge in [-0.1, -0.05) is 6.92 Å². The molecule has 104 valence electrons. The monoisotopic (exact) mass is 273 g/mol. The third-order valence-electron chi connectivity index (χ3n) is 2.18. The Labute approximate surface area is 105 Å². The summed E-state index contributed by atoms with van der Waals surface area (Å²) in [6, 6.07) is 0.941. The van der Waals surface area contributed by atoms with Crippen LogP contribution >= 0.6 is 0 Å². The van der Waals surface area contributed by atoms with Gasteiger partial charge >= 0.3 is 11.3 Å². The van der Waals surface area contributed by atoms with Gasteiger partial charge in [-0.15, -0.1) is 0 Å². The summed E-state index contributed by atoms with van der Waals surface area (Å²) in [5.41, 5.74) is 2.22. The Balaban J connectivity index is 0.00000180. The summed E-state index contributed by atoms with van der Waals surface area (Å²) in [5, 5.41) is 0. The number of hydrogen-bond acceptors (Lipinski definition) is 6. The average Bonchev–Trinajstić information content (AvgIpc) is 2.32. The first-order valence-electron chi connectivity index (χ1n) is 5.23. The number of halogens is 1. The molecule has 0 amide bonds. The topological polar surface area (TPSA) is 127 Å². The van der Waals surface area contributed by atoms with Gasteiger partial charge in [-0.25, -0.2) is 14.0 Å². The molecule has 1 aromatic carbocycles. The van der Waals surface area contributed by atoms with E-state index in [4.69, 9.17) is 10.5 Å². The van der Waals surface area contributed by atoms with Gasteiger partial charge < -0.3 is 24.8 Å². The molecule has 8 heteroatoms. The summed E-state index contributed by atoms with van der Waals surface area (Å²) in [5.74, 6) is -0.902. The molecule has 0 fully saturated rings. The van der Waals surface area contributed by atoms with Crippen LogP contribution in [0.1, 0.15) is 13.3 Å². The van der Waals surface area contributed by atoms with E-state index in [1.807, 2.05) is 6.92 Å². The molecule has 0 saturated carbocycles. The molecule has 4 N–H and O–H groups in total. The molecule has 2 rings (SSSR count). The third-order valence-corrected chi connectivity index (χ3v) is 2.18. The van der Waals surface area contributed by atoms with Crippen LogP contribution < -0.4 is 21.7 Å². The number of hydrogen-bond donors (Lipinski definition) is 1. The van der Waals surface area contributed by atoms with Crippen molar-refractivity contribution in [3.05, 3.63) is 32.7 Å². The minimum Gasteiger partial charge on any atom is -0.488 e. The fourth-order valence-electron chi connectivity index (χ4n) is 1.42. The number of ether oxygens (including phenoxy) is 1. The van der Waals surface area contributed by atoms with E-state index in [0.29, 0.717) is 13.0 Å². The molecule has 19 heavy (non-hydrogen) atoms. The Morgan fingerprint density at radius 2 is 1.84 bits per heavy atom. The van der Waals surface area contributed by atoms with Gasteiger partial charge in [0.05, 0.1) is 12.3 Å². The van der Waals surface area contributed by atoms with E-state index in [-0.39, 0.29) is 22.5 Å². The van der Waals surface area contributed by atoms with Crippen molar-refractivity contribution in [3.8, 4) is 5.75 Å². The summed E-state index contributed by atoms with van der Waals surface area (Å²) >= 11 is 0. The van der Waals surface area contributed by atoms with Crippen LogP contribution in [0.2, 0.25) is 0 Å². The van der Waals surface area contributed by atoms with Gasteiger partial charge in [-0.05, 0) is 6.42 Å². The van der Waals surface area contributed by atoms with Crippen LogP contribution in [0.5, 0.6) is 5.75 Å². The van der Waals surface area contributed by atoms with Gasteiger partial charge in [0.15, 0.2) is 11.6 Å². The normalized spacial score (nSPS) is 10.2. The highest BCUT2D eigenvalue weighted by atomic mass is 19.1. The zero-order valence-corrected chi connectivity index (χ0v) is 9.99. The van der Waals surface area contributed by atoms with Gasteiger partial charge in [-0.3, -0.25) is 0 Å². The molecular weight excluding hydrogens is 261 g/mol. The van der Waals surface area contributed by atoms with E-state index in [2.05, 4.69) is 8.83 Å². The first kappa shape index (κ1) is 14.7. The van der Waals surface area contributed by atoms with Gasteiger partial charge in [0.2, 0.25) is 11.2 Å². The number of benzene rings is 1. The smallest absolute Gasteiger partial charge is 0.423 e. The van der Waals surface area contributed by atoms with Gasteiger partial charge in [0.25, 0.3) is 0 Å². The average molecular weight is 273 g/mol. The Morgan fingerprint density at radius 1 is 1.26 bits per heavy atom. The predicted molar refractivity (Wildman–Crippen MR) is 64.8 cm³/mol. The molecule has 0 aliphatic heterocycles. The minimum absolute atomic E-state index is 0. The van der Waals surface area contributed by atoms with Gasteiger partial charge in [0, 0.05) is 6.07 Å². The second kappa shape index (κ2) is 5.53. The molecule has 0 spiro atoms. The second-order valence-corrected chi connectivity index (χ2v) is 3.56. The lowest BCUT2D eigenvalue weighted by atomic mass is 10.2. The van der Waals surface area contributed by atoms with E-state index in [1.54, 1.807) is 0 Å². The van der Waals surface area contributed by atoms with Crippen molar-refractivity contribution >= 4 is 16.9 Å². The highest BCUT2D eigenvalue weighted by molar-refractivity contribution is 5.84. The summed E-state index contributed by atoms with van der Waals surface area (Å²) in [7, 11) is 0. The van der Waals surface area contributed by atoms with Gasteiger partial charge in [-0.2, -0.15) is 0 Å². The fourth-order valence-corrected chi connectivity index (χ4v) is 1.42. The van der Waals surface area contributed by atoms with Crippen molar-refractivity contribution in [2.45, 2.75) is 13.3 Å². The summed E-state index contributed by atoms with van der Waals surface area (Å²) < 4.78 is 28.0. The summed E-state index contributed by atoms with van der Waals surface area (Å²) in [6.45, 7) is 2.16. The highest BCUT2D eigenvalue weighted by Gasteiger charge is 2.18. The van der Waals surface area contributed by atoms with E-state index >= 15 is 0 Å². The predicted octanol–water partition coefficient (Wildman–Crippen LogP) is 0.432. The largest absolute Gasteiger partial charge is 0.488 e. The van der Waals surface area contributed by atoms with Crippen molar-refractivity contribution in [2.75, 3.05) is 12.3 Å². The lowest BCUT2D eigenvalue weighted by Crippen LogP contribution is -2.21. The number of rotatable bonds is 3. The van der Waals surface area contributed by atoms with Crippen LogP contribution in [0.15, 0.2) is 24.5 Å². The van der Waals surface area contributed by atoms with Crippen molar-refractivity contribution < 1.29 is 23.4 Å². The number of nitrogens with two attached hydrogens (primary N) is 1. The van der Waals surface area contributed by atoms with E-state index in [9.17, 15) is 14.0 Å². The molecule has 0 saturated heterocycles. The molecule has 1 heterocycles. The maximum absolute atomic E-state index is 13.5. The quantitative estimate of drug-likeness (QED) is 0.638. The molecule has 0 aliphatic rings. The number of anilines is 1. The lowest BCUT2D eigenvalue weighted by molar-refractivity contribution is 0.313. The Hall–Kier alpha value is -2.35. The van der Waals surface area contributed by atoms with E-state index < -0.39 is 22.7 Å².